The third kappa shape index (κ3) is 2.78. The van der Waals surface area contributed by atoms with Gasteiger partial charge in [0.25, 0.3) is 6.02 Å². The summed E-state index contributed by atoms with van der Waals surface area (Å²) in [6, 6.07) is 14.3. The van der Waals surface area contributed by atoms with Crippen molar-refractivity contribution in [2.24, 2.45) is 4.99 Å². The van der Waals surface area contributed by atoms with Gasteiger partial charge in [-0.1, -0.05) is 24.3 Å². The van der Waals surface area contributed by atoms with E-state index in [0.717, 1.165) is 24.1 Å². The zero-order valence-electron chi connectivity index (χ0n) is 13.0. The van der Waals surface area contributed by atoms with Crippen molar-refractivity contribution in [3.63, 3.8) is 0 Å². The summed E-state index contributed by atoms with van der Waals surface area (Å²) in [5.74, 6) is 0. The number of carbonyl (C=O) groups is 1. The van der Waals surface area contributed by atoms with Crippen LogP contribution in [0, 0.1) is 0 Å². The lowest BCUT2D eigenvalue weighted by Crippen LogP contribution is -2.23. The number of anilines is 2. The molecule has 24 heavy (non-hydrogen) atoms. The van der Waals surface area contributed by atoms with Crippen LogP contribution in [0.15, 0.2) is 47.5 Å². The first-order valence-corrected chi connectivity index (χ1v) is 7.87. The van der Waals surface area contributed by atoms with E-state index in [2.05, 4.69) is 28.8 Å². The molecule has 6 heteroatoms. The minimum atomic E-state index is -1.08. The number of hydrogen-bond donors (Lipinski definition) is 3. The van der Waals surface area contributed by atoms with Gasteiger partial charge in [0.05, 0.1) is 6.04 Å². The Bertz CT molecular complexity index is 832. The van der Waals surface area contributed by atoms with Crippen molar-refractivity contribution < 1.29 is 14.6 Å². The van der Waals surface area contributed by atoms with Gasteiger partial charge in [-0.05, 0) is 42.2 Å². The lowest BCUT2D eigenvalue weighted by atomic mass is 10.1. The van der Waals surface area contributed by atoms with Gasteiger partial charge in [-0.25, -0.2) is 9.79 Å². The average Bonchev–Trinajstić information content (AvgIpc) is 2.98. The Morgan fingerprint density at radius 2 is 2.12 bits per heavy atom. The van der Waals surface area contributed by atoms with Crippen molar-refractivity contribution >= 4 is 23.5 Å². The van der Waals surface area contributed by atoms with E-state index >= 15 is 0 Å². The Balaban J connectivity index is 1.54. The summed E-state index contributed by atoms with van der Waals surface area (Å²) in [5.41, 5.74) is 4.93. The summed E-state index contributed by atoms with van der Waals surface area (Å²) >= 11 is 0. The summed E-state index contributed by atoms with van der Waals surface area (Å²) < 4.78 is 5.71. The number of nitrogens with one attached hydrogen (secondary N) is 2. The Morgan fingerprint density at radius 3 is 3.00 bits per heavy atom. The van der Waals surface area contributed by atoms with Crippen LogP contribution in [0.25, 0.3) is 0 Å². The second-order valence-corrected chi connectivity index (χ2v) is 5.90. The first kappa shape index (κ1) is 14.6. The van der Waals surface area contributed by atoms with E-state index in [4.69, 9.17) is 14.8 Å². The molecule has 1 atom stereocenters. The van der Waals surface area contributed by atoms with Gasteiger partial charge in [0, 0.05) is 16.9 Å². The van der Waals surface area contributed by atoms with Crippen LogP contribution in [-0.2, 0) is 17.8 Å². The molecule has 2 aromatic carbocycles. The monoisotopic (exact) mass is 323 g/mol. The van der Waals surface area contributed by atoms with Gasteiger partial charge in [-0.15, -0.1) is 0 Å². The highest BCUT2D eigenvalue weighted by molar-refractivity contribution is 5.92. The molecule has 0 aromatic heterocycles. The Hall–Kier alpha value is -3.02. The quantitative estimate of drug-likeness (QED) is 0.786. The van der Waals surface area contributed by atoms with E-state index in [1.54, 1.807) is 12.1 Å². The van der Waals surface area contributed by atoms with Crippen LogP contribution in [0.5, 0.6) is 0 Å². The summed E-state index contributed by atoms with van der Waals surface area (Å²) in [7, 11) is 0. The number of benzene rings is 2. The molecule has 4 rings (SSSR count). The molecule has 2 aromatic rings. The molecular weight excluding hydrogens is 306 g/mol. The second kappa shape index (κ2) is 5.88. The van der Waals surface area contributed by atoms with Crippen LogP contribution in [-0.4, -0.2) is 17.2 Å². The fourth-order valence-corrected chi connectivity index (χ4v) is 3.21. The molecule has 0 bridgehead atoms. The number of amidine groups is 1. The molecule has 122 valence electrons. The van der Waals surface area contributed by atoms with Crippen molar-refractivity contribution in [1.29, 1.82) is 0 Å². The number of aliphatic imine (C=N–C) groups is 1. The van der Waals surface area contributed by atoms with Crippen LogP contribution in [0.1, 0.15) is 29.2 Å². The fraction of sp³-hybridized carbons (Fsp3) is 0.222. The predicted octanol–water partition coefficient (Wildman–Crippen LogP) is 3.76. The lowest BCUT2D eigenvalue weighted by Gasteiger charge is -2.22. The summed E-state index contributed by atoms with van der Waals surface area (Å²) in [6.45, 7) is 0.366. The van der Waals surface area contributed by atoms with Gasteiger partial charge >= 0.3 is 6.09 Å². The molecule has 0 saturated carbocycles. The topological polar surface area (TPSA) is 83.0 Å². The molecule has 6 nitrogen and oxygen atoms in total. The SMILES string of the molecule is O=C(O)Nc1ccc2c(c1)COC(=N[C@@H]1CCc3ccccc31)N2. The minimum absolute atomic E-state index is 0.123. The molecule has 3 N–H and O–H groups in total. The Kier molecular flexibility index (Phi) is 3.57. The van der Waals surface area contributed by atoms with E-state index in [-0.39, 0.29) is 6.04 Å². The van der Waals surface area contributed by atoms with Crippen LogP contribution < -0.4 is 10.6 Å². The number of ether oxygens (including phenoxy) is 1. The number of fused-ring (bicyclic) bond motifs is 2. The van der Waals surface area contributed by atoms with Crippen molar-refractivity contribution in [3.05, 3.63) is 59.2 Å². The number of carboxylic acid groups (broad SMARTS) is 1. The van der Waals surface area contributed by atoms with Crippen LogP contribution in [0.3, 0.4) is 0 Å². The van der Waals surface area contributed by atoms with E-state index in [9.17, 15) is 4.79 Å². The highest BCUT2D eigenvalue weighted by Gasteiger charge is 2.23. The van der Waals surface area contributed by atoms with Gasteiger partial charge < -0.3 is 15.2 Å². The first-order chi connectivity index (χ1) is 11.7. The Morgan fingerprint density at radius 1 is 1.25 bits per heavy atom. The highest BCUT2D eigenvalue weighted by atomic mass is 16.5. The van der Waals surface area contributed by atoms with Crippen molar-refractivity contribution in [3.8, 4) is 0 Å². The van der Waals surface area contributed by atoms with Gasteiger partial charge in [-0.3, -0.25) is 5.32 Å². The molecule has 2 aliphatic rings. The molecule has 0 radical (unpaired) electrons. The van der Waals surface area contributed by atoms with Crippen molar-refractivity contribution in [2.75, 3.05) is 10.6 Å². The van der Waals surface area contributed by atoms with Crippen molar-refractivity contribution in [1.82, 2.24) is 0 Å². The van der Waals surface area contributed by atoms with Gasteiger partial charge in [0.1, 0.15) is 6.61 Å². The lowest BCUT2D eigenvalue weighted by molar-refractivity contribution is 0.209. The molecule has 1 heterocycles. The van der Waals surface area contributed by atoms with Crippen LogP contribution in [0.4, 0.5) is 16.2 Å². The van der Waals surface area contributed by atoms with Crippen molar-refractivity contribution in [2.45, 2.75) is 25.5 Å². The number of aryl methyl sites for hydroxylation is 1. The highest BCUT2D eigenvalue weighted by Crippen LogP contribution is 2.34. The molecule has 1 amide bonds. The van der Waals surface area contributed by atoms with Gasteiger partial charge in [-0.2, -0.15) is 0 Å². The maximum atomic E-state index is 10.7. The zero-order valence-corrected chi connectivity index (χ0v) is 13.0. The fourth-order valence-electron chi connectivity index (χ4n) is 3.21. The molecule has 1 aliphatic heterocycles. The van der Waals surface area contributed by atoms with E-state index in [1.807, 2.05) is 12.1 Å². The standard InChI is InChI=1S/C18H17N3O3/c22-18(23)19-13-6-8-15-12(9-13)10-24-17(20-15)21-16-7-5-11-3-1-2-4-14(11)16/h1-4,6,8-9,16,19H,5,7,10H2,(H,20,21)(H,22,23)/t16-/m1/s1. The third-order valence-corrected chi connectivity index (χ3v) is 4.34. The predicted molar refractivity (Wildman–Crippen MR) is 91.4 cm³/mol. The van der Waals surface area contributed by atoms with Gasteiger partial charge in [0.15, 0.2) is 0 Å². The number of nitrogens with zero attached hydrogens (tertiary/aromatic N) is 1. The summed E-state index contributed by atoms with van der Waals surface area (Å²) in [4.78, 5) is 15.4. The maximum Gasteiger partial charge on any atom is 0.409 e. The molecule has 0 spiro atoms. The minimum Gasteiger partial charge on any atom is -0.465 e. The largest absolute Gasteiger partial charge is 0.465 e. The van der Waals surface area contributed by atoms with Crippen LogP contribution >= 0.6 is 0 Å². The third-order valence-electron chi connectivity index (χ3n) is 4.34. The van der Waals surface area contributed by atoms with E-state index < -0.39 is 6.09 Å². The Labute approximate surface area is 139 Å². The smallest absolute Gasteiger partial charge is 0.409 e. The summed E-state index contributed by atoms with van der Waals surface area (Å²) in [5, 5.41) is 14.3. The van der Waals surface area contributed by atoms with Crippen LogP contribution in [0.2, 0.25) is 0 Å². The normalized spacial score (nSPS) is 19.8. The average molecular weight is 323 g/mol. The molecular formula is C18H17N3O3. The number of rotatable bonds is 2. The second-order valence-electron chi connectivity index (χ2n) is 5.90. The number of hydrogen-bond acceptors (Lipinski definition) is 3. The molecule has 0 saturated heterocycles. The maximum absolute atomic E-state index is 10.7. The molecule has 0 unspecified atom stereocenters. The van der Waals surface area contributed by atoms with Gasteiger partial charge in [0.2, 0.25) is 0 Å². The zero-order chi connectivity index (χ0) is 16.5. The first-order valence-electron chi connectivity index (χ1n) is 7.87. The van der Waals surface area contributed by atoms with E-state index in [1.165, 1.54) is 11.1 Å². The summed E-state index contributed by atoms with van der Waals surface area (Å²) in [6.07, 6.45) is 0.947. The molecule has 0 fully saturated rings. The molecule has 1 aliphatic carbocycles. The number of amides is 1. The van der Waals surface area contributed by atoms with E-state index in [0.29, 0.717) is 18.3 Å².